The van der Waals surface area contributed by atoms with E-state index in [0.29, 0.717) is 12.2 Å². The molecule has 1 heterocycles. The van der Waals surface area contributed by atoms with Crippen LogP contribution in [0.5, 0.6) is 5.75 Å². The van der Waals surface area contributed by atoms with Gasteiger partial charge in [-0.1, -0.05) is 24.3 Å². The molecule has 0 spiro atoms. The maximum absolute atomic E-state index is 12.8. The zero-order valence-corrected chi connectivity index (χ0v) is 21.8. The molecule has 1 saturated heterocycles. The van der Waals surface area contributed by atoms with Crippen LogP contribution in [0.4, 0.5) is 0 Å². The van der Waals surface area contributed by atoms with E-state index < -0.39 is 23.8 Å². The summed E-state index contributed by atoms with van der Waals surface area (Å²) in [5, 5.41) is 11.2. The molecule has 0 aromatic heterocycles. The highest BCUT2D eigenvalue weighted by Gasteiger charge is 2.33. The van der Waals surface area contributed by atoms with E-state index in [9.17, 15) is 14.4 Å². The van der Waals surface area contributed by atoms with Gasteiger partial charge in [-0.2, -0.15) is 0 Å². The molecule has 0 radical (unpaired) electrons. The Hall–Kier alpha value is -3.47. The minimum atomic E-state index is -1.50. The first kappa shape index (κ1) is 28.1. The molecule has 2 aromatic rings. The molecule has 3 unspecified atom stereocenters. The van der Waals surface area contributed by atoms with Gasteiger partial charge in [0.25, 0.3) is 17.7 Å². The van der Waals surface area contributed by atoms with E-state index in [1.54, 1.807) is 24.3 Å². The average molecular weight is 513 g/mol. The fourth-order valence-electron chi connectivity index (χ4n) is 4.48. The van der Waals surface area contributed by atoms with Crippen LogP contribution in [0, 0.1) is 0 Å². The summed E-state index contributed by atoms with van der Waals surface area (Å²) in [7, 11) is 2.67. The number of nitrogens with one attached hydrogen (secondary N) is 2. The first-order valence-electron chi connectivity index (χ1n) is 12.4. The largest absolute Gasteiger partial charge is 0.494 e. The van der Waals surface area contributed by atoms with Crippen LogP contribution < -0.4 is 15.5 Å². The van der Waals surface area contributed by atoms with E-state index in [1.807, 2.05) is 24.3 Å². The molecule has 2 aromatic carbocycles. The molecule has 0 aliphatic carbocycles. The van der Waals surface area contributed by atoms with Gasteiger partial charge in [-0.15, -0.1) is 0 Å². The summed E-state index contributed by atoms with van der Waals surface area (Å²) in [5.41, 5.74) is 3.58. The van der Waals surface area contributed by atoms with Crippen molar-refractivity contribution in [2.24, 2.45) is 0 Å². The monoisotopic (exact) mass is 512 g/mol. The number of likely N-dealkylation sites (N-methyl/N-ethyl adjacent to an activating group) is 2. The van der Waals surface area contributed by atoms with E-state index in [0.717, 1.165) is 47.8 Å². The van der Waals surface area contributed by atoms with Crippen molar-refractivity contribution in [3.05, 3.63) is 54.1 Å². The minimum Gasteiger partial charge on any atom is -0.494 e. The van der Waals surface area contributed by atoms with Crippen molar-refractivity contribution in [2.75, 3.05) is 40.3 Å². The van der Waals surface area contributed by atoms with Gasteiger partial charge in [0.2, 0.25) is 0 Å². The van der Waals surface area contributed by atoms with Crippen molar-refractivity contribution in [3.8, 4) is 16.9 Å². The number of rotatable bonds is 10. The van der Waals surface area contributed by atoms with E-state index in [4.69, 9.17) is 14.7 Å². The van der Waals surface area contributed by atoms with Crippen LogP contribution in [0.1, 0.15) is 30.6 Å². The lowest BCUT2D eigenvalue weighted by atomic mass is 10.0. The topological polar surface area (TPSA) is 120 Å². The van der Waals surface area contributed by atoms with Gasteiger partial charge < -0.3 is 19.7 Å². The molecular weight excluding hydrogens is 476 g/mol. The molecule has 10 nitrogen and oxygen atoms in total. The summed E-state index contributed by atoms with van der Waals surface area (Å²) in [6.45, 7) is 7.72. The van der Waals surface area contributed by atoms with Crippen LogP contribution in [0.2, 0.25) is 0 Å². The summed E-state index contributed by atoms with van der Waals surface area (Å²) in [6.07, 6.45) is 1.46. The minimum absolute atomic E-state index is 0.262. The number of carbonyl (C=O) groups is 3. The third-order valence-corrected chi connectivity index (χ3v) is 6.26. The number of amides is 3. The zero-order chi connectivity index (χ0) is 26.9. The van der Waals surface area contributed by atoms with E-state index in [1.165, 1.54) is 19.6 Å². The Morgan fingerprint density at radius 3 is 2.14 bits per heavy atom. The smallest absolute Gasteiger partial charge is 0.275 e. The molecule has 0 saturated carbocycles. The maximum atomic E-state index is 12.8. The standard InChI is InChI=1S/C27H36N4O6/c1-18-16-31(17-19(2)37-18)14-5-15-36-23-12-10-21(11-13-23)20-6-8-22(9-7-20)27(34)30(4)24(25(32)28-3)26(33)29-35/h6-13,18-19,24,35H,5,14-17H2,1-4H3,(H,28,32)(H,29,33). The van der Waals surface area contributed by atoms with E-state index in [-0.39, 0.29) is 12.2 Å². The summed E-state index contributed by atoms with van der Waals surface area (Å²) in [6, 6.07) is 13.1. The van der Waals surface area contributed by atoms with Crippen molar-refractivity contribution in [2.45, 2.75) is 38.5 Å². The van der Waals surface area contributed by atoms with Gasteiger partial charge in [-0.05, 0) is 55.7 Å². The van der Waals surface area contributed by atoms with Crippen molar-refractivity contribution in [3.63, 3.8) is 0 Å². The van der Waals surface area contributed by atoms with E-state index in [2.05, 4.69) is 24.1 Å². The van der Waals surface area contributed by atoms with Gasteiger partial charge in [-0.25, -0.2) is 5.48 Å². The highest BCUT2D eigenvalue weighted by atomic mass is 16.5. The van der Waals surface area contributed by atoms with Crippen molar-refractivity contribution >= 4 is 17.7 Å². The van der Waals surface area contributed by atoms with Crippen molar-refractivity contribution < 1.29 is 29.1 Å². The van der Waals surface area contributed by atoms with Gasteiger partial charge in [-0.3, -0.25) is 24.5 Å². The number of hydrogen-bond donors (Lipinski definition) is 3. The second-order valence-corrected chi connectivity index (χ2v) is 9.23. The third-order valence-electron chi connectivity index (χ3n) is 6.26. The predicted molar refractivity (Wildman–Crippen MR) is 138 cm³/mol. The lowest BCUT2D eigenvalue weighted by Crippen LogP contribution is -2.54. The number of ether oxygens (including phenoxy) is 2. The second kappa shape index (κ2) is 13.2. The molecule has 37 heavy (non-hydrogen) atoms. The number of carbonyl (C=O) groups excluding carboxylic acids is 3. The number of hydroxylamine groups is 1. The number of nitrogens with zero attached hydrogens (tertiary/aromatic N) is 2. The highest BCUT2D eigenvalue weighted by molar-refractivity contribution is 6.08. The fraction of sp³-hybridized carbons (Fsp3) is 0.444. The van der Waals surface area contributed by atoms with Crippen LogP contribution in [0.25, 0.3) is 11.1 Å². The first-order chi connectivity index (χ1) is 17.7. The molecule has 3 rings (SSSR count). The number of hydrogen-bond acceptors (Lipinski definition) is 7. The Bertz CT molecular complexity index is 1030. The molecule has 200 valence electrons. The Kier molecular flexibility index (Phi) is 10.0. The quantitative estimate of drug-likeness (QED) is 0.193. The van der Waals surface area contributed by atoms with Crippen LogP contribution in [0.3, 0.4) is 0 Å². The maximum Gasteiger partial charge on any atom is 0.275 e. The van der Waals surface area contributed by atoms with Gasteiger partial charge in [0.15, 0.2) is 6.04 Å². The molecular formula is C27H36N4O6. The van der Waals surface area contributed by atoms with Crippen LogP contribution in [0.15, 0.2) is 48.5 Å². The first-order valence-corrected chi connectivity index (χ1v) is 12.4. The molecule has 3 atom stereocenters. The Labute approximate surface area is 217 Å². The zero-order valence-electron chi connectivity index (χ0n) is 21.8. The molecule has 10 heteroatoms. The SMILES string of the molecule is CNC(=O)C(C(=O)NO)N(C)C(=O)c1ccc(-c2ccc(OCCCN3CC(C)OC(C)C3)cc2)cc1. The van der Waals surface area contributed by atoms with Crippen molar-refractivity contribution in [1.82, 2.24) is 20.6 Å². The summed E-state index contributed by atoms with van der Waals surface area (Å²) >= 11 is 0. The van der Waals surface area contributed by atoms with Gasteiger partial charge in [0.1, 0.15) is 5.75 Å². The molecule has 1 aliphatic rings. The fourth-order valence-corrected chi connectivity index (χ4v) is 4.48. The number of benzene rings is 2. The Morgan fingerprint density at radius 2 is 1.59 bits per heavy atom. The molecule has 3 N–H and O–H groups in total. The van der Waals surface area contributed by atoms with E-state index >= 15 is 0 Å². The number of morpholine rings is 1. The van der Waals surface area contributed by atoms with Gasteiger partial charge in [0.05, 0.1) is 18.8 Å². The summed E-state index contributed by atoms with van der Waals surface area (Å²) in [4.78, 5) is 40.2. The predicted octanol–water partition coefficient (Wildman–Crippen LogP) is 1.92. The Balaban J connectivity index is 1.54. The van der Waals surface area contributed by atoms with Crippen LogP contribution >= 0.6 is 0 Å². The normalized spacial score (nSPS) is 18.5. The summed E-state index contributed by atoms with van der Waals surface area (Å²) in [5.74, 6) is -1.46. The Morgan fingerprint density at radius 1 is 1.03 bits per heavy atom. The highest BCUT2D eigenvalue weighted by Crippen LogP contribution is 2.23. The van der Waals surface area contributed by atoms with Crippen molar-refractivity contribution in [1.29, 1.82) is 0 Å². The third kappa shape index (κ3) is 7.51. The van der Waals surface area contributed by atoms with Crippen LogP contribution in [-0.2, 0) is 14.3 Å². The van der Waals surface area contributed by atoms with Gasteiger partial charge >= 0.3 is 0 Å². The average Bonchev–Trinajstić information content (AvgIpc) is 2.90. The van der Waals surface area contributed by atoms with Crippen LogP contribution in [-0.4, -0.2) is 91.3 Å². The molecule has 3 amide bonds. The lowest BCUT2D eigenvalue weighted by Gasteiger charge is -2.35. The second-order valence-electron chi connectivity index (χ2n) is 9.23. The van der Waals surface area contributed by atoms with Gasteiger partial charge in [0, 0.05) is 39.3 Å². The molecule has 1 aliphatic heterocycles. The summed E-state index contributed by atoms with van der Waals surface area (Å²) < 4.78 is 11.7. The molecule has 0 bridgehead atoms. The lowest BCUT2D eigenvalue weighted by molar-refractivity contribution is -0.140. The molecule has 1 fully saturated rings.